The predicted molar refractivity (Wildman–Crippen MR) is 65.8 cm³/mol. The van der Waals surface area contributed by atoms with Gasteiger partial charge < -0.3 is 9.73 Å². The number of nitrogens with zero attached hydrogens (tertiary/aromatic N) is 4. The van der Waals surface area contributed by atoms with Gasteiger partial charge in [-0.05, 0) is 33.7 Å². The van der Waals surface area contributed by atoms with Crippen LogP contribution in [0.2, 0.25) is 0 Å². The second kappa shape index (κ2) is 5.26. The Morgan fingerprint density at radius 3 is 2.83 bits per heavy atom. The number of rotatable bonds is 5. The number of aryl methyl sites for hydroxylation is 1. The van der Waals surface area contributed by atoms with Gasteiger partial charge in [-0.3, -0.25) is 0 Å². The Hall–Kier alpha value is -1.76. The number of aromatic nitrogens is 5. The fourth-order valence-corrected chi connectivity index (χ4v) is 1.47. The van der Waals surface area contributed by atoms with E-state index in [1.54, 1.807) is 6.20 Å². The topological polar surface area (TPSA) is 92.5 Å². The maximum Gasteiger partial charge on any atom is 0.269 e. The van der Waals surface area contributed by atoms with E-state index in [-0.39, 0.29) is 5.54 Å². The highest BCUT2D eigenvalue weighted by Crippen LogP contribution is 2.13. The summed E-state index contributed by atoms with van der Waals surface area (Å²) in [6.07, 6.45) is 3.27. The summed E-state index contributed by atoms with van der Waals surface area (Å²) in [7, 11) is 0. The summed E-state index contributed by atoms with van der Waals surface area (Å²) in [6, 6.07) is 0. The van der Waals surface area contributed by atoms with Crippen molar-refractivity contribution in [2.45, 2.75) is 39.2 Å². The second-order valence-corrected chi connectivity index (χ2v) is 5.14. The molecule has 2 rings (SSSR count). The van der Waals surface area contributed by atoms with Crippen molar-refractivity contribution in [3.63, 3.8) is 0 Å². The van der Waals surface area contributed by atoms with E-state index in [0.29, 0.717) is 17.5 Å². The quantitative estimate of drug-likeness (QED) is 0.774. The van der Waals surface area contributed by atoms with E-state index < -0.39 is 0 Å². The van der Waals surface area contributed by atoms with Crippen molar-refractivity contribution < 1.29 is 4.42 Å². The van der Waals surface area contributed by atoms with Crippen LogP contribution in [0, 0.1) is 0 Å². The molecule has 2 N–H and O–H groups in total. The first-order chi connectivity index (χ1) is 8.54. The van der Waals surface area contributed by atoms with Crippen molar-refractivity contribution in [1.29, 1.82) is 0 Å². The lowest BCUT2D eigenvalue weighted by Crippen LogP contribution is -2.36. The largest absolute Gasteiger partial charge is 0.419 e. The summed E-state index contributed by atoms with van der Waals surface area (Å²) in [5.41, 5.74) is 0.710. The van der Waals surface area contributed by atoms with Crippen LogP contribution >= 0.6 is 0 Å². The number of hydrogen-bond donors (Lipinski definition) is 2. The molecule has 0 aliphatic heterocycles. The molecule has 98 valence electrons. The lowest BCUT2D eigenvalue weighted by atomic mass is 10.1. The van der Waals surface area contributed by atoms with E-state index in [0.717, 1.165) is 19.4 Å². The minimum atomic E-state index is 0.140. The van der Waals surface area contributed by atoms with Gasteiger partial charge in [0.15, 0.2) is 5.69 Å². The number of aromatic amines is 1. The molecule has 2 heterocycles. The molecule has 0 unspecified atom stereocenters. The Labute approximate surface area is 105 Å². The molecule has 0 spiro atoms. The van der Waals surface area contributed by atoms with Crippen LogP contribution in [0.5, 0.6) is 0 Å². The molecule has 0 saturated heterocycles. The highest BCUT2D eigenvalue weighted by molar-refractivity contribution is 5.42. The van der Waals surface area contributed by atoms with Crippen LogP contribution in [0.15, 0.2) is 10.6 Å². The summed E-state index contributed by atoms with van der Waals surface area (Å²) >= 11 is 0. The first-order valence-electron chi connectivity index (χ1n) is 5.98. The first-order valence-corrected chi connectivity index (χ1v) is 5.98. The van der Waals surface area contributed by atoms with Crippen LogP contribution in [0.3, 0.4) is 0 Å². The fraction of sp³-hybridized carbons (Fsp3) is 0.636. The molecule has 7 nitrogen and oxygen atoms in total. The minimum absolute atomic E-state index is 0.140. The lowest BCUT2D eigenvalue weighted by Gasteiger charge is -2.19. The number of H-pyrrole nitrogens is 1. The molecule has 0 aliphatic rings. The van der Waals surface area contributed by atoms with E-state index in [4.69, 9.17) is 4.42 Å². The molecule has 0 amide bonds. The highest BCUT2D eigenvalue weighted by Gasteiger charge is 2.11. The molecule has 7 heteroatoms. The molecular weight excluding hydrogens is 232 g/mol. The van der Waals surface area contributed by atoms with Crippen LogP contribution < -0.4 is 5.32 Å². The van der Waals surface area contributed by atoms with Crippen LogP contribution in [0.4, 0.5) is 0 Å². The lowest BCUT2D eigenvalue weighted by molar-refractivity contribution is 0.412. The average Bonchev–Trinajstić information content (AvgIpc) is 2.93. The standard InChI is InChI=1S/C11H18N6O/c1-11(2,3)12-6-4-5-9-15-16-10(18-9)8-7-13-17-14-8/h7,12H,4-6H2,1-3H3,(H,13,14,17). The molecule has 0 radical (unpaired) electrons. The maximum atomic E-state index is 5.49. The van der Waals surface area contributed by atoms with Gasteiger partial charge in [-0.2, -0.15) is 15.4 Å². The van der Waals surface area contributed by atoms with E-state index in [9.17, 15) is 0 Å². The zero-order chi connectivity index (χ0) is 13.0. The van der Waals surface area contributed by atoms with Gasteiger partial charge in [0.1, 0.15) is 0 Å². The van der Waals surface area contributed by atoms with Crippen LogP contribution in [0.25, 0.3) is 11.6 Å². The van der Waals surface area contributed by atoms with Crippen LogP contribution in [-0.2, 0) is 6.42 Å². The summed E-state index contributed by atoms with van der Waals surface area (Å²) in [5.74, 6) is 1.03. The Kier molecular flexibility index (Phi) is 3.71. The normalized spacial score (nSPS) is 11.9. The third-order valence-electron chi connectivity index (χ3n) is 2.32. The average molecular weight is 250 g/mol. The summed E-state index contributed by atoms with van der Waals surface area (Å²) in [5, 5.41) is 21.4. The Morgan fingerprint density at radius 1 is 1.33 bits per heavy atom. The van der Waals surface area contributed by atoms with Gasteiger partial charge in [0, 0.05) is 12.0 Å². The van der Waals surface area contributed by atoms with Gasteiger partial charge in [0.05, 0.1) is 6.20 Å². The Morgan fingerprint density at radius 2 is 2.17 bits per heavy atom. The molecular formula is C11H18N6O. The Balaban J connectivity index is 1.81. The van der Waals surface area contributed by atoms with Crippen LogP contribution in [0.1, 0.15) is 33.1 Å². The monoisotopic (exact) mass is 250 g/mol. The van der Waals surface area contributed by atoms with Crippen LogP contribution in [-0.4, -0.2) is 37.7 Å². The molecule has 0 atom stereocenters. The van der Waals surface area contributed by atoms with Crippen molar-refractivity contribution in [3.05, 3.63) is 12.1 Å². The van der Waals surface area contributed by atoms with Gasteiger partial charge in [-0.15, -0.1) is 10.2 Å². The molecule has 0 fully saturated rings. The van der Waals surface area contributed by atoms with Crippen molar-refractivity contribution in [1.82, 2.24) is 30.9 Å². The molecule has 0 saturated carbocycles. The number of hydrogen-bond acceptors (Lipinski definition) is 6. The van der Waals surface area contributed by atoms with E-state index in [1.165, 1.54) is 0 Å². The summed E-state index contributed by atoms with van der Waals surface area (Å²) in [6.45, 7) is 7.35. The van der Waals surface area contributed by atoms with Gasteiger partial charge in [-0.25, -0.2) is 0 Å². The molecule has 0 aromatic carbocycles. The minimum Gasteiger partial charge on any atom is -0.419 e. The SMILES string of the molecule is CC(C)(C)NCCCc1nnc(-c2cn[nH]n2)o1. The smallest absolute Gasteiger partial charge is 0.269 e. The highest BCUT2D eigenvalue weighted by atomic mass is 16.4. The summed E-state index contributed by atoms with van der Waals surface area (Å²) in [4.78, 5) is 0. The molecule has 2 aromatic heterocycles. The third-order valence-corrected chi connectivity index (χ3v) is 2.32. The molecule has 18 heavy (non-hydrogen) atoms. The van der Waals surface area contributed by atoms with Gasteiger partial charge in [-0.1, -0.05) is 0 Å². The predicted octanol–water partition coefficient (Wildman–Crippen LogP) is 1.18. The van der Waals surface area contributed by atoms with Crippen molar-refractivity contribution in [2.24, 2.45) is 0 Å². The van der Waals surface area contributed by atoms with Gasteiger partial charge in [0.25, 0.3) is 5.89 Å². The van der Waals surface area contributed by atoms with E-state index in [2.05, 4.69) is 51.7 Å². The molecule has 0 bridgehead atoms. The van der Waals surface area contributed by atoms with Gasteiger partial charge in [0.2, 0.25) is 5.89 Å². The van der Waals surface area contributed by atoms with Crippen molar-refractivity contribution in [2.75, 3.05) is 6.54 Å². The zero-order valence-corrected chi connectivity index (χ0v) is 10.9. The third kappa shape index (κ3) is 3.63. The zero-order valence-electron chi connectivity index (χ0n) is 10.9. The van der Waals surface area contributed by atoms with Gasteiger partial charge >= 0.3 is 0 Å². The van der Waals surface area contributed by atoms with E-state index >= 15 is 0 Å². The maximum absolute atomic E-state index is 5.49. The number of nitrogens with one attached hydrogen (secondary N) is 2. The first kappa shape index (κ1) is 12.7. The van der Waals surface area contributed by atoms with Crippen molar-refractivity contribution in [3.8, 4) is 11.6 Å². The van der Waals surface area contributed by atoms with Crippen molar-refractivity contribution >= 4 is 0 Å². The summed E-state index contributed by atoms with van der Waals surface area (Å²) < 4.78 is 5.49. The Bertz CT molecular complexity index is 470. The molecule has 2 aromatic rings. The second-order valence-electron chi connectivity index (χ2n) is 5.14. The molecule has 0 aliphatic carbocycles. The fourth-order valence-electron chi connectivity index (χ4n) is 1.47. The van der Waals surface area contributed by atoms with E-state index in [1.807, 2.05) is 0 Å².